The van der Waals surface area contributed by atoms with Crippen molar-refractivity contribution in [1.29, 1.82) is 0 Å². The van der Waals surface area contributed by atoms with Gasteiger partial charge in [0.15, 0.2) is 11.5 Å². The molecule has 0 fully saturated rings. The summed E-state index contributed by atoms with van der Waals surface area (Å²) in [7, 11) is 4.90. The summed E-state index contributed by atoms with van der Waals surface area (Å²) in [6, 6.07) is 14.7. The molecule has 2 rings (SSSR count). The van der Waals surface area contributed by atoms with E-state index in [1.807, 2.05) is 18.2 Å². The SMILES string of the molecule is COc1ccc(CN[C@H](c2ccccc2)C(C)C)c(OC)c1OC. The third kappa shape index (κ3) is 4.01. The van der Waals surface area contributed by atoms with Crippen LogP contribution in [0.2, 0.25) is 0 Å². The van der Waals surface area contributed by atoms with Crippen molar-refractivity contribution in [2.75, 3.05) is 21.3 Å². The maximum absolute atomic E-state index is 5.56. The van der Waals surface area contributed by atoms with Crippen molar-refractivity contribution in [2.45, 2.75) is 26.4 Å². The van der Waals surface area contributed by atoms with E-state index in [0.717, 1.165) is 5.56 Å². The molecule has 2 aromatic carbocycles. The number of benzene rings is 2. The van der Waals surface area contributed by atoms with Crippen LogP contribution >= 0.6 is 0 Å². The first-order valence-electron chi connectivity index (χ1n) is 8.18. The highest BCUT2D eigenvalue weighted by Crippen LogP contribution is 2.40. The lowest BCUT2D eigenvalue weighted by atomic mass is 9.96. The minimum atomic E-state index is 0.268. The van der Waals surface area contributed by atoms with E-state index in [1.165, 1.54) is 5.56 Å². The van der Waals surface area contributed by atoms with E-state index in [4.69, 9.17) is 14.2 Å². The van der Waals surface area contributed by atoms with Crippen LogP contribution in [-0.4, -0.2) is 21.3 Å². The van der Waals surface area contributed by atoms with Crippen LogP contribution in [0.25, 0.3) is 0 Å². The van der Waals surface area contributed by atoms with Gasteiger partial charge in [-0.2, -0.15) is 0 Å². The molecule has 0 heterocycles. The van der Waals surface area contributed by atoms with Gasteiger partial charge in [0.05, 0.1) is 21.3 Å². The van der Waals surface area contributed by atoms with E-state index in [2.05, 4.69) is 43.4 Å². The Hall–Kier alpha value is -2.20. The first-order valence-corrected chi connectivity index (χ1v) is 8.18. The Kier molecular flexibility index (Phi) is 6.50. The van der Waals surface area contributed by atoms with E-state index in [9.17, 15) is 0 Å². The third-order valence-corrected chi connectivity index (χ3v) is 4.12. The van der Waals surface area contributed by atoms with Gasteiger partial charge in [-0.15, -0.1) is 0 Å². The minimum absolute atomic E-state index is 0.268. The number of methoxy groups -OCH3 is 3. The van der Waals surface area contributed by atoms with Gasteiger partial charge in [-0.1, -0.05) is 50.2 Å². The summed E-state index contributed by atoms with van der Waals surface area (Å²) in [6.07, 6.45) is 0. The lowest BCUT2D eigenvalue weighted by molar-refractivity contribution is 0.320. The zero-order chi connectivity index (χ0) is 17.5. The van der Waals surface area contributed by atoms with Crippen molar-refractivity contribution in [3.8, 4) is 17.2 Å². The van der Waals surface area contributed by atoms with Gasteiger partial charge in [-0.05, 0) is 17.5 Å². The summed E-state index contributed by atoms with van der Waals surface area (Å²) in [6.45, 7) is 5.12. The first kappa shape index (κ1) is 18.1. The topological polar surface area (TPSA) is 39.7 Å². The minimum Gasteiger partial charge on any atom is -0.493 e. The van der Waals surface area contributed by atoms with E-state index in [0.29, 0.717) is 29.7 Å². The molecule has 1 N–H and O–H groups in total. The molecule has 0 spiro atoms. The van der Waals surface area contributed by atoms with Crippen LogP contribution < -0.4 is 19.5 Å². The molecule has 130 valence electrons. The van der Waals surface area contributed by atoms with Gasteiger partial charge in [0, 0.05) is 18.2 Å². The Morgan fingerprint density at radius 1 is 0.833 bits per heavy atom. The highest BCUT2D eigenvalue weighted by Gasteiger charge is 2.19. The quantitative estimate of drug-likeness (QED) is 0.788. The molecule has 0 aliphatic rings. The summed E-state index contributed by atoms with van der Waals surface area (Å²) >= 11 is 0. The Morgan fingerprint density at radius 3 is 2.04 bits per heavy atom. The molecule has 24 heavy (non-hydrogen) atoms. The molecule has 0 amide bonds. The van der Waals surface area contributed by atoms with Gasteiger partial charge in [0.1, 0.15) is 0 Å². The van der Waals surface area contributed by atoms with Crippen LogP contribution in [0, 0.1) is 5.92 Å². The van der Waals surface area contributed by atoms with Crippen LogP contribution in [0.1, 0.15) is 31.0 Å². The van der Waals surface area contributed by atoms with E-state index in [-0.39, 0.29) is 6.04 Å². The van der Waals surface area contributed by atoms with Gasteiger partial charge >= 0.3 is 0 Å². The van der Waals surface area contributed by atoms with Crippen LogP contribution in [0.5, 0.6) is 17.2 Å². The van der Waals surface area contributed by atoms with Gasteiger partial charge < -0.3 is 19.5 Å². The normalized spacial score (nSPS) is 12.1. The van der Waals surface area contributed by atoms with Gasteiger partial charge in [0.25, 0.3) is 0 Å². The summed E-state index contributed by atoms with van der Waals surface area (Å²) in [4.78, 5) is 0. The first-order chi connectivity index (χ1) is 11.6. The maximum Gasteiger partial charge on any atom is 0.203 e. The fourth-order valence-electron chi connectivity index (χ4n) is 2.92. The predicted molar refractivity (Wildman–Crippen MR) is 97.0 cm³/mol. The molecule has 0 saturated carbocycles. The van der Waals surface area contributed by atoms with Gasteiger partial charge in [-0.3, -0.25) is 0 Å². The Labute approximate surface area is 144 Å². The van der Waals surface area contributed by atoms with E-state index < -0.39 is 0 Å². The monoisotopic (exact) mass is 329 g/mol. The fraction of sp³-hybridized carbons (Fsp3) is 0.400. The average molecular weight is 329 g/mol. The van der Waals surface area contributed by atoms with Crippen molar-refractivity contribution >= 4 is 0 Å². The Balaban J connectivity index is 2.24. The highest BCUT2D eigenvalue weighted by molar-refractivity contribution is 5.55. The number of nitrogens with one attached hydrogen (secondary N) is 1. The lowest BCUT2D eigenvalue weighted by Crippen LogP contribution is -2.25. The van der Waals surface area contributed by atoms with Crippen molar-refractivity contribution in [3.63, 3.8) is 0 Å². The zero-order valence-electron chi connectivity index (χ0n) is 15.1. The van der Waals surface area contributed by atoms with E-state index in [1.54, 1.807) is 21.3 Å². The van der Waals surface area contributed by atoms with Crippen molar-refractivity contribution < 1.29 is 14.2 Å². The molecule has 4 heteroatoms. The molecular formula is C20H27NO3. The molecule has 2 aromatic rings. The van der Waals surface area contributed by atoms with Gasteiger partial charge in [0.2, 0.25) is 5.75 Å². The predicted octanol–water partition coefficient (Wildman–Crippen LogP) is 4.20. The molecule has 4 nitrogen and oxygen atoms in total. The average Bonchev–Trinajstić information content (AvgIpc) is 2.61. The van der Waals surface area contributed by atoms with E-state index >= 15 is 0 Å². The molecule has 0 aliphatic carbocycles. The van der Waals surface area contributed by atoms with Crippen molar-refractivity contribution in [1.82, 2.24) is 5.32 Å². The van der Waals surface area contributed by atoms with Crippen molar-refractivity contribution in [3.05, 3.63) is 53.6 Å². The fourth-order valence-corrected chi connectivity index (χ4v) is 2.92. The second-order valence-electron chi connectivity index (χ2n) is 6.01. The summed E-state index contributed by atoms with van der Waals surface area (Å²) < 4.78 is 16.4. The van der Waals surface area contributed by atoms with Crippen LogP contribution in [0.3, 0.4) is 0 Å². The molecular weight excluding hydrogens is 302 g/mol. The maximum atomic E-state index is 5.56. The molecule has 1 atom stereocenters. The van der Waals surface area contributed by atoms with Crippen molar-refractivity contribution in [2.24, 2.45) is 5.92 Å². The number of rotatable bonds is 8. The zero-order valence-corrected chi connectivity index (χ0v) is 15.1. The Bertz CT molecular complexity index is 641. The smallest absolute Gasteiger partial charge is 0.203 e. The standard InChI is InChI=1S/C20H27NO3/c1-14(2)18(15-9-7-6-8-10-15)21-13-16-11-12-17(22-3)20(24-5)19(16)23-4/h6-12,14,18,21H,13H2,1-5H3/t18-/m0/s1. The molecule has 0 aromatic heterocycles. The molecule has 0 unspecified atom stereocenters. The van der Waals surface area contributed by atoms with Crippen LogP contribution in [0.15, 0.2) is 42.5 Å². The summed E-state index contributed by atoms with van der Waals surface area (Å²) in [5.74, 6) is 2.47. The van der Waals surface area contributed by atoms with Crippen LogP contribution in [-0.2, 0) is 6.54 Å². The number of hydrogen-bond acceptors (Lipinski definition) is 4. The second-order valence-corrected chi connectivity index (χ2v) is 6.01. The number of hydrogen-bond donors (Lipinski definition) is 1. The second kappa shape index (κ2) is 8.60. The largest absolute Gasteiger partial charge is 0.493 e. The summed E-state index contributed by atoms with van der Waals surface area (Å²) in [5.41, 5.74) is 2.32. The molecule has 0 radical (unpaired) electrons. The molecule has 0 saturated heterocycles. The Morgan fingerprint density at radius 2 is 1.50 bits per heavy atom. The van der Waals surface area contributed by atoms with Gasteiger partial charge in [-0.25, -0.2) is 0 Å². The molecule has 0 bridgehead atoms. The lowest BCUT2D eigenvalue weighted by Gasteiger charge is -2.24. The molecule has 0 aliphatic heterocycles. The van der Waals surface area contributed by atoms with Crippen LogP contribution in [0.4, 0.5) is 0 Å². The summed E-state index contributed by atoms with van der Waals surface area (Å²) in [5, 5.41) is 3.64. The number of ether oxygens (including phenoxy) is 3. The third-order valence-electron chi connectivity index (χ3n) is 4.12. The highest BCUT2D eigenvalue weighted by atomic mass is 16.5.